The van der Waals surface area contributed by atoms with E-state index in [0.29, 0.717) is 22.6 Å². The van der Waals surface area contributed by atoms with Gasteiger partial charge >= 0.3 is 12.0 Å². The number of alkyl halides is 3. The summed E-state index contributed by atoms with van der Waals surface area (Å²) in [7, 11) is 2.91. The standard InChI is InChI=1S/C17H14F3NO5/c1-10(12-6-13(24-2)9-14(7-12)25-3)11-4-5-16(26-17(18,19)20)15(8-11)21(22)23/h4-9H,1H2,2-3H3. The van der Waals surface area contributed by atoms with E-state index in [0.717, 1.165) is 12.1 Å². The van der Waals surface area contributed by atoms with Crippen molar-refractivity contribution in [2.24, 2.45) is 0 Å². The quantitative estimate of drug-likeness (QED) is 0.551. The van der Waals surface area contributed by atoms with Crippen LogP contribution in [0.1, 0.15) is 11.1 Å². The van der Waals surface area contributed by atoms with Gasteiger partial charge in [0.2, 0.25) is 5.75 Å². The summed E-state index contributed by atoms with van der Waals surface area (Å²) < 4.78 is 51.1. The first-order chi connectivity index (χ1) is 12.1. The Hall–Kier alpha value is -3.23. The third-order valence-corrected chi connectivity index (χ3v) is 3.43. The van der Waals surface area contributed by atoms with Crippen LogP contribution in [0.15, 0.2) is 43.0 Å². The molecule has 0 radical (unpaired) electrons. The number of nitrogens with zero attached hydrogens (tertiary/aromatic N) is 1. The predicted octanol–water partition coefficient (Wildman–Crippen LogP) is 4.57. The molecular weight excluding hydrogens is 355 g/mol. The first-order valence-corrected chi connectivity index (χ1v) is 7.11. The highest BCUT2D eigenvalue weighted by molar-refractivity contribution is 5.81. The summed E-state index contributed by atoms with van der Waals surface area (Å²) in [5, 5.41) is 11.1. The van der Waals surface area contributed by atoms with Crippen LogP contribution in [0.2, 0.25) is 0 Å². The van der Waals surface area contributed by atoms with Gasteiger partial charge in [-0.25, -0.2) is 0 Å². The molecule has 0 N–H and O–H groups in total. The lowest BCUT2D eigenvalue weighted by molar-refractivity contribution is -0.388. The van der Waals surface area contributed by atoms with E-state index in [2.05, 4.69) is 11.3 Å². The van der Waals surface area contributed by atoms with Crippen LogP contribution < -0.4 is 14.2 Å². The summed E-state index contributed by atoms with van der Waals surface area (Å²) in [4.78, 5) is 10.2. The topological polar surface area (TPSA) is 70.8 Å². The maximum atomic E-state index is 12.4. The number of ether oxygens (including phenoxy) is 3. The molecule has 0 spiro atoms. The second-order valence-corrected chi connectivity index (χ2v) is 5.07. The molecule has 0 aliphatic heterocycles. The Bertz CT molecular complexity index is 827. The molecule has 0 fully saturated rings. The smallest absolute Gasteiger partial charge is 0.497 e. The SMILES string of the molecule is C=C(c1cc(OC)cc(OC)c1)c1ccc(OC(F)(F)F)c([N+](=O)[O-])c1. The molecule has 2 rings (SSSR count). The molecule has 0 heterocycles. The molecule has 0 aliphatic rings. The second-order valence-electron chi connectivity index (χ2n) is 5.07. The van der Waals surface area contributed by atoms with Crippen LogP contribution in [0.4, 0.5) is 18.9 Å². The molecule has 0 amide bonds. The first kappa shape index (κ1) is 19.1. The van der Waals surface area contributed by atoms with Gasteiger partial charge in [0.25, 0.3) is 0 Å². The zero-order chi connectivity index (χ0) is 19.5. The summed E-state index contributed by atoms with van der Waals surface area (Å²) in [6.07, 6.45) is -5.04. The van der Waals surface area contributed by atoms with Crippen molar-refractivity contribution in [2.75, 3.05) is 14.2 Å². The third-order valence-electron chi connectivity index (χ3n) is 3.43. The van der Waals surface area contributed by atoms with E-state index in [9.17, 15) is 23.3 Å². The van der Waals surface area contributed by atoms with E-state index in [1.807, 2.05) is 0 Å². The number of nitro groups is 1. The lowest BCUT2D eigenvalue weighted by Gasteiger charge is -2.13. The van der Waals surface area contributed by atoms with E-state index >= 15 is 0 Å². The molecule has 0 saturated carbocycles. The monoisotopic (exact) mass is 369 g/mol. The maximum absolute atomic E-state index is 12.4. The molecule has 6 nitrogen and oxygen atoms in total. The summed E-state index contributed by atoms with van der Waals surface area (Å²) >= 11 is 0. The van der Waals surface area contributed by atoms with Crippen molar-refractivity contribution >= 4 is 11.3 Å². The van der Waals surface area contributed by atoms with E-state index in [4.69, 9.17) is 9.47 Å². The molecular formula is C17H14F3NO5. The van der Waals surface area contributed by atoms with Crippen LogP contribution in [-0.4, -0.2) is 25.5 Å². The highest BCUT2D eigenvalue weighted by Gasteiger charge is 2.34. The van der Waals surface area contributed by atoms with Gasteiger partial charge in [0.15, 0.2) is 0 Å². The number of nitro benzene ring substituents is 1. The summed E-state index contributed by atoms with van der Waals surface area (Å²) in [6.45, 7) is 3.85. The average molecular weight is 369 g/mol. The Balaban J connectivity index is 2.47. The minimum absolute atomic E-state index is 0.251. The van der Waals surface area contributed by atoms with Gasteiger partial charge in [0.05, 0.1) is 19.1 Å². The van der Waals surface area contributed by atoms with Gasteiger partial charge in [0, 0.05) is 12.1 Å². The van der Waals surface area contributed by atoms with Gasteiger partial charge in [-0.15, -0.1) is 13.2 Å². The van der Waals surface area contributed by atoms with Crippen LogP contribution in [0.25, 0.3) is 5.57 Å². The highest BCUT2D eigenvalue weighted by atomic mass is 19.4. The first-order valence-electron chi connectivity index (χ1n) is 7.11. The van der Waals surface area contributed by atoms with Crippen LogP contribution in [0, 0.1) is 10.1 Å². The Labute approximate surface area is 146 Å². The van der Waals surface area contributed by atoms with Gasteiger partial charge in [0.1, 0.15) is 11.5 Å². The fourth-order valence-corrected chi connectivity index (χ4v) is 2.21. The molecule has 0 aliphatic carbocycles. The summed E-state index contributed by atoms with van der Waals surface area (Å²) in [5.74, 6) is 0.0290. The van der Waals surface area contributed by atoms with Crippen molar-refractivity contribution < 1.29 is 32.3 Å². The Morgan fingerprint density at radius 1 is 1.04 bits per heavy atom. The van der Waals surface area contributed by atoms with Gasteiger partial charge in [-0.05, 0) is 34.9 Å². The predicted molar refractivity (Wildman–Crippen MR) is 87.5 cm³/mol. The average Bonchev–Trinajstić information content (AvgIpc) is 2.59. The molecule has 9 heteroatoms. The fraction of sp³-hybridized carbons (Fsp3) is 0.176. The number of rotatable bonds is 6. The van der Waals surface area contributed by atoms with Crippen molar-refractivity contribution in [2.45, 2.75) is 6.36 Å². The van der Waals surface area contributed by atoms with Crippen molar-refractivity contribution in [1.82, 2.24) is 0 Å². The third kappa shape index (κ3) is 4.44. The molecule has 138 valence electrons. The van der Waals surface area contributed by atoms with Crippen LogP contribution in [0.5, 0.6) is 17.2 Å². The zero-order valence-corrected chi connectivity index (χ0v) is 13.8. The number of hydrogen-bond donors (Lipinski definition) is 0. The zero-order valence-electron chi connectivity index (χ0n) is 13.8. The van der Waals surface area contributed by atoms with Gasteiger partial charge in [-0.2, -0.15) is 0 Å². The van der Waals surface area contributed by atoms with E-state index in [1.165, 1.54) is 20.3 Å². The molecule has 0 atom stereocenters. The lowest BCUT2D eigenvalue weighted by atomic mass is 9.98. The van der Waals surface area contributed by atoms with Gasteiger partial charge in [-0.3, -0.25) is 10.1 Å². The van der Waals surface area contributed by atoms with Gasteiger partial charge in [-0.1, -0.05) is 12.6 Å². The normalized spacial score (nSPS) is 11.0. The van der Waals surface area contributed by atoms with Crippen LogP contribution >= 0.6 is 0 Å². The summed E-state index contributed by atoms with van der Waals surface area (Å²) in [5.41, 5.74) is 0.293. The molecule has 0 unspecified atom stereocenters. The largest absolute Gasteiger partial charge is 0.573 e. The van der Waals surface area contributed by atoms with E-state index in [-0.39, 0.29) is 5.56 Å². The van der Waals surface area contributed by atoms with Crippen molar-refractivity contribution in [3.05, 3.63) is 64.2 Å². The Morgan fingerprint density at radius 2 is 1.62 bits per heavy atom. The maximum Gasteiger partial charge on any atom is 0.573 e. The molecule has 0 saturated heterocycles. The highest BCUT2D eigenvalue weighted by Crippen LogP contribution is 2.36. The Morgan fingerprint density at radius 3 is 2.08 bits per heavy atom. The summed E-state index contributed by atoms with van der Waals surface area (Å²) in [6, 6.07) is 7.97. The minimum atomic E-state index is -5.04. The lowest BCUT2D eigenvalue weighted by Crippen LogP contribution is -2.18. The van der Waals surface area contributed by atoms with Crippen molar-refractivity contribution in [3.8, 4) is 17.2 Å². The number of hydrogen-bond acceptors (Lipinski definition) is 5. The number of benzene rings is 2. The minimum Gasteiger partial charge on any atom is -0.497 e. The molecule has 0 aromatic heterocycles. The second kappa shape index (κ2) is 7.34. The van der Waals surface area contributed by atoms with Crippen molar-refractivity contribution in [1.29, 1.82) is 0 Å². The van der Waals surface area contributed by atoms with E-state index in [1.54, 1.807) is 18.2 Å². The number of halogens is 3. The van der Waals surface area contributed by atoms with E-state index < -0.39 is 22.7 Å². The Kier molecular flexibility index (Phi) is 5.39. The fourth-order valence-electron chi connectivity index (χ4n) is 2.21. The van der Waals surface area contributed by atoms with Crippen LogP contribution in [-0.2, 0) is 0 Å². The van der Waals surface area contributed by atoms with Gasteiger partial charge < -0.3 is 14.2 Å². The number of methoxy groups -OCH3 is 2. The van der Waals surface area contributed by atoms with Crippen LogP contribution in [0.3, 0.4) is 0 Å². The molecule has 2 aromatic carbocycles. The van der Waals surface area contributed by atoms with Crippen molar-refractivity contribution in [3.63, 3.8) is 0 Å². The molecule has 2 aromatic rings. The molecule has 26 heavy (non-hydrogen) atoms. The molecule has 0 bridgehead atoms.